The van der Waals surface area contributed by atoms with Crippen molar-refractivity contribution in [1.82, 2.24) is 4.98 Å². The summed E-state index contributed by atoms with van der Waals surface area (Å²) in [5.74, 6) is 0. The van der Waals surface area contributed by atoms with Crippen LogP contribution < -0.4 is 4.72 Å². The standard InChI is InChI=1S/C10H10N2O2S2/c1-8-11-7-10(15-8)16(13,14)12-9-5-3-2-4-6-9/h2-7,12H,1H3. The molecule has 0 fully saturated rings. The first-order valence-electron chi connectivity index (χ1n) is 4.58. The molecule has 2 aromatic rings. The van der Waals surface area contributed by atoms with Gasteiger partial charge in [-0.1, -0.05) is 18.2 Å². The number of rotatable bonds is 3. The van der Waals surface area contributed by atoms with E-state index in [1.165, 1.54) is 6.20 Å². The van der Waals surface area contributed by atoms with Crippen LogP contribution in [-0.2, 0) is 10.0 Å². The van der Waals surface area contributed by atoms with Gasteiger partial charge in [0, 0.05) is 5.69 Å². The normalized spacial score (nSPS) is 11.3. The Labute approximate surface area is 98.0 Å². The van der Waals surface area contributed by atoms with Crippen LogP contribution in [0.4, 0.5) is 5.69 Å². The van der Waals surface area contributed by atoms with Crippen molar-refractivity contribution in [1.29, 1.82) is 0 Å². The maximum absolute atomic E-state index is 11.9. The molecule has 0 amide bonds. The van der Waals surface area contributed by atoms with Crippen molar-refractivity contribution in [2.75, 3.05) is 4.72 Å². The first-order chi connectivity index (χ1) is 7.58. The second kappa shape index (κ2) is 4.23. The van der Waals surface area contributed by atoms with Gasteiger partial charge in [0.25, 0.3) is 10.0 Å². The molecule has 1 aromatic heterocycles. The van der Waals surface area contributed by atoms with E-state index in [1.807, 2.05) is 6.07 Å². The van der Waals surface area contributed by atoms with Crippen LogP contribution >= 0.6 is 11.3 Å². The molecule has 6 heteroatoms. The number of anilines is 1. The third-order valence-electron chi connectivity index (χ3n) is 1.89. The third-order valence-corrected chi connectivity index (χ3v) is 4.65. The molecule has 0 unspecified atom stereocenters. The number of thiazole rings is 1. The van der Waals surface area contributed by atoms with Crippen molar-refractivity contribution in [2.45, 2.75) is 11.1 Å². The minimum Gasteiger partial charge on any atom is -0.279 e. The summed E-state index contributed by atoms with van der Waals surface area (Å²) >= 11 is 1.15. The van der Waals surface area contributed by atoms with Crippen molar-refractivity contribution in [3.63, 3.8) is 0 Å². The van der Waals surface area contributed by atoms with Gasteiger partial charge < -0.3 is 0 Å². The van der Waals surface area contributed by atoms with Crippen LogP contribution in [0.3, 0.4) is 0 Å². The fourth-order valence-corrected chi connectivity index (χ4v) is 3.34. The summed E-state index contributed by atoms with van der Waals surface area (Å²) in [6.07, 6.45) is 1.37. The van der Waals surface area contributed by atoms with Crippen molar-refractivity contribution in [3.05, 3.63) is 41.5 Å². The third kappa shape index (κ3) is 2.40. The molecule has 2 rings (SSSR count). The summed E-state index contributed by atoms with van der Waals surface area (Å²) < 4.78 is 26.5. The molecule has 4 nitrogen and oxygen atoms in total. The highest BCUT2D eigenvalue weighted by atomic mass is 32.2. The van der Waals surface area contributed by atoms with E-state index >= 15 is 0 Å². The van der Waals surface area contributed by atoms with Crippen molar-refractivity contribution in [3.8, 4) is 0 Å². The van der Waals surface area contributed by atoms with Crippen LogP contribution in [0, 0.1) is 6.92 Å². The summed E-state index contributed by atoms with van der Waals surface area (Å²) in [6.45, 7) is 1.77. The molecule has 0 bridgehead atoms. The zero-order valence-electron chi connectivity index (χ0n) is 8.54. The van der Waals surface area contributed by atoms with Crippen LogP contribution in [-0.4, -0.2) is 13.4 Å². The summed E-state index contributed by atoms with van der Waals surface area (Å²) in [4.78, 5) is 3.92. The average Bonchev–Trinajstić information content (AvgIpc) is 2.66. The Morgan fingerprint density at radius 3 is 2.50 bits per heavy atom. The minimum absolute atomic E-state index is 0.230. The van der Waals surface area contributed by atoms with E-state index < -0.39 is 10.0 Å². The number of sulfonamides is 1. The van der Waals surface area contributed by atoms with Gasteiger partial charge in [-0.3, -0.25) is 4.72 Å². The van der Waals surface area contributed by atoms with E-state index in [4.69, 9.17) is 0 Å². The highest BCUT2D eigenvalue weighted by Gasteiger charge is 2.16. The van der Waals surface area contributed by atoms with Crippen LogP contribution in [0.2, 0.25) is 0 Å². The van der Waals surface area contributed by atoms with Crippen molar-refractivity contribution >= 4 is 27.0 Å². The molecule has 1 aromatic carbocycles. The molecule has 1 N–H and O–H groups in total. The summed E-state index contributed by atoms with van der Waals surface area (Å²) in [5.41, 5.74) is 0.550. The average molecular weight is 254 g/mol. The Bertz CT molecular complexity index is 576. The topological polar surface area (TPSA) is 59.1 Å². The molecule has 0 spiro atoms. The number of hydrogen-bond acceptors (Lipinski definition) is 4. The summed E-state index contributed by atoms with van der Waals surface area (Å²) in [7, 11) is -3.49. The second-order valence-electron chi connectivity index (χ2n) is 3.17. The maximum Gasteiger partial charge on any atom is 0.273 e. The molecule has 1 heterocycles. The molecule has 16 heavy (non-hydrogen) atoms. The molecule has 0 saturated heterocycles. The SMILES string of the molecule is Cc1ncc(S(=O)(=O)Nc2ccccc2)s1. The first kappa shape index (κ1) is 11.1. The fourth-order valence-electron chi connectivity index (χ4n) is 1.18. The zero-order valence-corrected chi connectivity index (χ0v) is 10.2. The van der Waals surface area contributed by atoms with Gasteiger partial charge in [0.05, 0.1) is 11.2 Å². The van der Waals surface area contributed by atoms with Crippen LogP contribution in [0.15, 0.2) is 40.7 Å². The second-order valence-corrected chi connectivity index (χ2v) is 6.31. The van der Waals surface area contributed by atoms with Gasteiger partial charge in [-0.2, -0.15) is 0 Å². The molecular formula is C10H10N2O2S2. The number of benzene rings is 1. The molecule has 0 aliphatic heterocycles. The lowest BCUT2D eigenvalue weighted by Gasteiger charge is -2.04. The molecule has 0 aliphatic rings. The van der Waals surface area contributed by atoms with Gasteiger partial charge in [-0.25, -0.2) is 13.4 Å². The quantitative estimate of drug-likeness (QED) is 0.914. The molecule has 0 saturated carbocycles. The van der Waals surface area contributed by atoms with E-state index in [0.29, 0.717) is 5.69 Å². The summed E-state index contributed by atoms with van der Waals surface area (Å²) in [6, 6.07) is 8.77. The Morgan fingerprint density at radius 1 is 1.25 bits per heavy atom. The molecule has 0 atom stereocenters. The lowest BCUT2D eigenvalue weighted by Crippen LogP contribution is -2.11. The number of para-hydroxylation sites is 1. The molecule has 0 aliphatic carbocycles. The predicted octanol–water partition coefficient (Wildman–Crippen LogP) is 2.25. The van der Waals surface area contributed by atoms with Gasteiger partial charge in [0.1, 0.15) is 0 Å². The first-order valence-corrected chi connectivity index (χ1v) is 6.88. The Balaban J connectivity index is 2.28. The highest BCUT2D eigenvalue weighted by Crippen LogP contribution is 2.20. The Morgan fingerprint density at radius 2 is 1.94 bits per heavy atom. The largest absolute Gasteiger partial charge is 0.279 e. The van der Waals surface area contributed by atoms with Crippen LogP contribution in [0.5, 0.6) is 0 Å². The van der Waals surface area contributed by atoms with Gasteiger partial charge in [0.15, 0.2) is 4.21 Å². The highest BCUT2D eigenvalue weighted by molar-refractivity contribution is 7.94. The van der Waals surface area contributed by atoms with Gasteiger partial charge >= 0.3 is 0 Å². The van der Waals surface area contributed by atoms with Crippen LogP contribution in [0.1, 0.15) is 5.01 Å². The Hall–Kier alpha value is -1.40. The maximum atomic E-state index is 11.9. The monoisotopic (exact) mass is 254 g/mol. The number of nitrogens with one attached hydrogen (secondary N) is 1. The molecular weight excluding hydrogens is 244 g/mol. The number of aromatic nitrogens is 1. The number of aryl methyl sites for hydroxylation is 1. The van der Waals surface area contributed by atoms with Gasteiger partial charge in [0.2, 0.25) is 0 Å². The smallest absolute Gasteiger partial charge is 0.273 e. The van der Waals surface area contributed by atoms with E-state index in [1.54, 1.807) is 31.2 Å². The zero-order chi connectivity index (χ0) is 11.6. The van der Waals surface area contributed by atoms with Crippen LogP contribution in [0.25, 0.3) is 0 Å². The number of nitrogens with zero attached hydrogens (tertiary/aromatic N) is 1. The molecule has 84 valence electrons. The predicted molar refractivity (Wildman–Crippen MR) is 64.1 cm³/mol. The van der Waals surface area contributed by atoms with E-state index in [-0.39, 0.29) is 4.21 Å². The van der Waals surface area contributed by atoms with E-state index in [0.717, 1.165) is 16.3 Å². The molecule has 0 radical (unpaired) electrons. The number of hydrogen-bond donors (Lipinski definition) is 1. The lowest BCUT2D eigenvalue weighted by molar-refractivity contribution is 0.603. The summed E-state index contributed by atoms with van der Waals surface area (Å²) in [5, 5.41) is 0.730. The van der Waals surface area contributed by atoms with E-state index in [2.05, 4.69) is 9.71 Å². The van der Waals surface area contributed by atoms with Gasteiger partial charge in [-0.15, -0.1) is 11.3 Å². The van der Waals surface area contributed by atoms with Crippen molar-refractivity contribution in [2.24, 2.45) is 0 Å². The van der Waals surface area contributed by atoms with Gasteiger partial charge in [-0.05, 0) is 19.1 Å². The van der Waals surface area contributed by atoms with Crippen molar-refractivity contribution < 1.29 is 8.42 Å². The Kier molecular flexibility index (Phi) is 2.93. The minimum atomic E-state index is -3.49. The van der Waals surface area contributed by atoms with E-state index in [9.17, 15) is 8.42 Å². The fraction of sp³-hybridized carbons (Fsp3) is 0.100. The lowest BCUT2D eigenvalue weighted by atomic mass is 10.3.